The molecule has 1 N–H and O–H groups in total. The highest BCUT2D eigenvalue weighted by atomic mass is 79.9. The molecule has 3 heterocycles. The lowest BCUT2D eigenvalue weighted by Crippen LogP contribution is -2.30. The maximum absolute atomic E-state index is 5.90. The van der Waals surface area contributed by atoms with E-state index in [2.05, 4.69) is 73.8 Å². The van der Waals surface area contributed by atoms with Gasteiger partial charge in [0.05, 0.1) is 36.3 Å². The predicted molar refractivity (Wildman–Crippen MR) is 144 cm³/mol. The minimum absolute atomic E-state index is 0.110. The van der Waals surface area contributed by atoms with Gasteiger partial charge in [0, 0.05) is 22.1 Å². The van der Waals surface area contributed by atoms with Crippen LogP contribution in [0.1, 0.15) is 34.7 Å². The maximum Gasteiger partial charge on any atom is 0.174 e. The van der Waals surface area contributed by atoms with Gasteiger partial charge in [0.1, 0.15) is 5.75 Å². The maximum atomic E-state index is 5.90. The third-order valence-corrected chi connectivity index (χ3v) is 7.31. The van der Waals surface area contributed by atoms with Crippen molar-refractivity contribution in [1.29, 1.82) is 0 Å². The summed E-state index contributed by atoms with van der Waals surface area (Å²) in [5, 5.41) is 4.20. The number of hydrogen-bond donors (Lipinski definition) is 1. The Labute approximate surface area is 213 Å². The Morgan fingerprint density at radius 1 is 0.971 bits per heavy atom. The van der Waals surface area contributed by atoms with Crippen LogP contribution in [0.25, 0.3) is 5.69 Å². The number of aryl methyl sites for hydroxylation is 1. The van der Waals surface area contributed by atoms with Crippen LogP contribution in [0.5, 0.6) is 5.75 Å². The molecule has 0 spiro atoms. The van der Waals surface area contributed by atoms with Gasteiger partial charge in [0.25, 0.3) is 0 Å². The zero-order chi connectivity index (χ0) is 23.8. The largest absolute Gasteiger partial charge is 0.495 e. The number of pyridine rings is 1. The number of methoxy groups -OCH3 is 1. The highest BCUT2D eigenvalue weighted by Crippen LogP contribution is 2.46. The minimum atomic E-state index is -0.119. The predicted octanol–water partition coefficient (Wildman–Crippen LogP) is 6.44. The van der Waals surface area contributed by atoms with E-state index in [9.17, 15) is 0 Å². The van der Waals surface area contributed by atoms with E-state index in [4.69, 9.17) is 17.0 Å². The standard InChI is InChI=1S/C27H25BrN4OS/c1-17-16-19(18(2)31(17)22-12-5-4-10-20(22)28)26-25(21-11-8-9-15-29-21)30-27(34)32(26)23-13-6-7-14-24(23)33-3/h4-16,25-26H,1-3H3,(H,30,34)/t25-,26-/m0/s1. The smallest absolute Gasteiger partial charge is 0.174 e. The minimum Gasteiger partial charge on any atom is -0.495 e. The average Bonchev–Trinajstić information content (AvgIpc) is 3.35. The van der Waals surface area contributed by atoms with Crippen LogP contribution in [0.3, 0.4) is 0 Å². The summed E-state index contributed by atoms with van der Waals surface area (Å²) in [6, 6.07) is 24.3. The van der Waals surface area contributed by atoms with Gasteiger partial charge in [0.15, 0.2) is 5.11 Å². The lowest BCUT2D eigenvalue weighted by atomic mass is 9.96. The molecule has 1 fully saturated rings. The number of thiocarbonyl (C=S) groups is 1. The number of halogens is 1. The van der Waals surface area contributed by atoms with Crippen molar-refractivity contribution in [2.45, 2.75) is 25.9 Å². The van der Waals surface area contributed by atoms with Gasteiger partial charge in [-0.1, -0.05) is 30.3 Å². The lowest BCUT2D eigenvalue weighted by molar-refractivity contribution is 0.414. The zero-order valence-electron chi connectivity index (χ0n) is 19.2. The summed E-state index contributed by atoms with van der Waals surface area (Å²) in [4.78, 5) is 6.84. The second-order valence-corrected chi connectivity index (χ2v) is 9.52. The highest BCUT2D eigenvalue weighted by molar-refractivity contribution is 9.10. The van der Waals surface area contributed by atoms with E-state index in [0.717, 1.165) is 38.7 Å². The molecular weight excluding hydrogens is 508 g/mol. The summed E-state index contributed by atoms with van der Waals surface area (Å²) >= 11 is 9.63. The Bertz CT molecular complexity index is 1350. The molecule has 4 aromatic rings. The molecule has 2 atom stereocenters. The van der Waals surface area contributed by atoms with E-state index in [1.54, 1.807) is 7.11 Å². The Kier molecular flexibility index (Phi) is 6.15. The number of hydrogen-bond acceptors (Lipinski definition) is 3. The number of para-hydroxylation sites is 3. The van der Waals surface area contributed by atoms with Gasteiger partial charge >= 0.3 is 0 Å². The molecule has 0 bridgehead atoms. The summed E-state index contributed by atoms with van der Waals surface area (Å²) in [6.45, 7) is 4.30. The molecule has 5 rings (SSSR count). The van der Waals surface area contributed by atoms with E-state index in [-0.39, 0.29) is 12.1 Å². The molecule has 1 aliphatic rings. The normalized spacial score (nSPS) is 17.6. The van der Waals surface area contributed by atoms with Crippen LogP contribution in [-0.4, -0.2) is 21.8 Å². The van der Waals surface area contributed by atoms with Crippen molar-refractivity contribution in [2.24, 2.45) is 0 Å². The van der Waals surface area contributed by atoms with Crippen LogP contribution in [0.2, 0.25) is 0 Å². The van der Waals surface area contributed by atoms with Crippen LogP contribution < -0.4 is 15.0 Å². The molecule has 0 unspecified atom stereocenters. The molecule has 0 aliphatic carbocycles. The molecule has 7 heteroatoms. The first-order chi connectivity index (χ1) is 16.5. The number of benzene rings is 2. The topological polar surface area (TPSA) is 42.3 Å². The van der Waals surface area contributed by atoms with Crippen LogP contribution in [0.4, 0.5) is 5.69 Å². The summed E-state index contributed by atoms with van der Waals surface area (Å²) in [6.07, 6.45) is 1.83. The van der Waals surface area contributed by atoms with Crippen LogP contribution >= 0.6 is 28.1 Å². The number of ether oxygens (including phenoxy) is 1. The summed E-state index contributed by atoms with van der Waals surface area (Å²) < 4.78 is 9.06. The van der Waals surface area contributed by atoms with Crippen molar-refractivity contribution < 1.29 is 4.74 Å². The van der Waals surface area contributed by atoms with Crippen molar-refractivity contribution in [3.8, 4) is 11.4 Å². The zero-order valence-corrected chi connectivity index (χ0v) is 21.6. The molecule has 0 saturated carbocycles. The molecule has 5 nitrogen and oxygen atoms in total. The third-order valence-electron chi connectivity index (χ3n) is 6.33. The van der Waals surface area contributed by atoms with Gasteiger partial charge in [-0.2, -0.15) is 0 Å². The first-order valence-electron chi connectivity index (χ1n) is 11.1. The second-order valence-electron chi connectivity index (χ2n) is 8.28. The van der Waals surface area contributed by atoms with E-state index < -0.39 is 0 Å². The second kappa shape index (κ2) is 9.24. The molecular formula is C27H25BrN4OS. The molecule has 0 amide bonds. The SMILES string of the molecule is COc1ccccc1N1C(=S)N[C@@H](c2ccccn2)[C@@H]1c1cc(C)n(-c2ccccc2Br)c1C. The lowest BCUT2D eigenvalue weighted by Gasteiger charge is -2.29. The fraction of sp³-hybridized carbons (Fsp3) is 0.185. The van der Waals surface area contributed by atoms with Crippen molar-refractivity contribution in [3.05, 3.63) is 106 Å². The molecule has 2 aromatic carbocycles. The summed E-state index contributed by atoms with van der Waals surface area (Å²) in [7, 11) is 1.69. The van der Waals surface area contributed by atoms with Crippen molar-refractivity contribution in [1.82, 2.24) is 14.9 Å². The summed E-state index contributed by atoms with van der Waals surface area (Å²) in [5.74, 6) is 0.776. The first kappa shape index (κ1) is 22.6. The number of rotatable bonds is 5. The number of anilines is 1. The molecule has 2 aromatic heterocycles. The third kappa shape index (κ3) is 3.79. The molecule has 172 valence electrons. The van der Waals surface area contributed by atoms with Crippen LogP contribution in [0, 0.1) is 13.8 Å². The van der Waals surface area contributed by atoms with Gasteiger partial charge in [-0.05, 0) is 90.0 Å². The first-order valence-corrected chi connectivity index (χ1v) is 12.3. The van der Waals surface area contributed by atoms with E-state index in [1.807, 2.05) is 54.7 Å². The van der Waals surface area contributed by atoms with E-state index in [0.29, 0.717) is 5.11 Å². The van der Waals surface area contributed by atoms with E-state index in [1.165, 1.54) is 5.56 Å². The van der Waals surface area contributed by atoms with Crippen LogP contribution in [-0.2, 0) is 0 Å². The Balaban J connectivity index is 1.72. The molecule has 34 heavy (non-hydrogen) atoms. The Hall–Kier alpha value is -3.16. The van der Waals surface area contributed by atoms with Gasteiger partial charge in [-0.3, -0.25) is 4.98 Å². The molecule has 1 aliphatic heterocycles. The highest BCUT2D eigenvalue weighted by Gasteiger charge is 2.43. The van der Waals surface area contributed by atoms with Gasteiger partial charge in [-0.25, -0.2) is 0 Å². The number of nitrogens with one attached hydrogen (secondary N) is 1. The fourth-order valence-electron chi connectivity index (χ4n) is 4.85. The fourth-order valence-corrected chi connectivity index (χ4v) is 5.65. The summed E-state index contributed by atoms with van der Waals surface area (Å²) in [5.41, 5.74) is 6.46. The van der Waals surface area contributed by atoms with Crippen molar-refractivity contribution in [3.63, 3.8) is 0 Å². The average molecular weight is 533 g/mol. The Morgan fingerprint density at radius 2 is 1.68 bits per heavy atom. The van der Waals surface area contributed by atoms with E-state index >= 15 is 0 Å². The number of aromatic nitrogens is 2. The van der Waals surface area contributed by atoms with Gasteiger partial charge in [0.2, 0.25) is 0 Å². The molecule has 0 radical (unpaired) electrons. The number of nitrogens with zero attached hydrogens (tertiary/aromatic N) is 3. The van der Waals surface area contributed by atoms with Crippen molar-refractivity contribution in [2.75, 3.05) is 12.0 Å². The van der Waals surface area contributed by atoms with Crippen molar-refractivity contribution >= 4 is 38.9 Å². The van der Waals surface area contributed by atoms with Crippen LogP contribution in [0.15, 0.2) is 83.5 Å². The monoisotopic (exact) mass is 532 g/mol. The van der Waals surface area contributed by atoms with Gasteiger partial charge < -0.3 is 19.5 Å². The molecule has 1 saturated heterocycles. The Morgan fingerprint density at radius 3 is 2.38 bits per heavy atom. The quantitative estimate of drug-likeness (QED) is 0.299. The van der Waals surface area contributed by atoms with Gasteiger partial charge in [-0.15, -0.1) is 0 Å².